The number of hydrogen-bond donors (Lipinski definition) is 1. The third kappa shape index (κ3) is 4.14. The normalized spacial score (nSPS) is 18.1. The average Bonchev–Trinajstić information content (AvgIpc) is 2.68. The summed E-state index contributed by atoms with van der Waals surface area (Å²) in [7, 11) is -2.01. The van der Waals surface area contributed by atoms with Gasteiger partial charge in [0.15, 0.2) is 0 Å². The minimum absolute atomic E-state index is 0.00253. The number of piperidine rings is 1. The molecule has 3 rings (SSSR count). The fourth-order valence-corrected chi connectivity index (χ4v) is 4.98. The zero-order chi connectivity index (χ0) is 19.4. The summed E-state index contributed by atoms with van der Waals surface area (Å²) in [4.78, 5) is 12.7. The fraction of sp³-hybridized carbons (Fsp3) is 0.350. The number of carbonyl (C=O) groups is 1. The third-order valence-electron chi connectivity index (χ3n) is 4.82. The molecule has 0 spiro atoms. The highest BCUT2D eigenvalue weighted by Crippen LogP contribution is 2.26. The van der Waals surface area contributed by atoms with Crippen molar-refractivity contribution in [3.8, 4) is 5.75 Å². The molecular weight excluding hydrogens is 364 g/mol. The predicted molar refractivity (Wildman–Crippen MR) is 105 cm³/mol. The van der Waals surface area contributed by atoms with Crippen LogP contribution in [0.15, 0.2) is 53.4 Å². The monoisotopic (exact) mass is 388 g/mol. The van der Waals surface area contributed by atoms with Crippen molar-refractivity contribution < 1.29 is 17.9 Å². The Hall–Kier alpha value is -2.38. The Kier molecular flexibility index (Phi) is 5.82. The predicted octanol–water partition coefficient (Wildman–Crippen LogP) is 3.51. The highest BCUT2D eigenvalue weighted by Gasteiger charge is 2.30. The minimum Gasteiger partial charge on any atom is -0.495 e. The number of hydrogen-bond acceptors (Lipinski definition) is 4. The van der Waals surface area contributed by atoms with Gasteiger partial charge in [0.1, 0.15) is 5.75 Å². The van der Waals surface area contributed by atoms with Crippen molar-refractivity contribution in [3.63, 3.8) is 0 Å². The Morgan fingerprint density at radius 2 is 1.81 bits per heavy atom. The van der Waals surface area contributed by atoms with Crippen molar-refractivity contribution in [1.29, 1.82) is 0 Å². The lowest BCUT2D eigenvalue weighted by molar-refractivity contribution is 0.102. The summed E-state index contributed by atoms with van der Waals surface area (Å²) < 4.78 is 32.5. The van der Waals surface area contributed by atoms with Crippen molar-refractivity contribution >= 4 is 21.6 Å². The highest BCUT2D eigenvalue weighted by atomic mass is 32.2. The Labute approximate surface area is 160 Å². The van der Waals surface area contributed by atoms with Crippen LogP contribution in [0, 0.1) is 0 Å². The number of ether oxygens (including phenoxy) is 1. The standard InChI is InChI=1S/C20H24N2O4S/c1-15-7-5-6-14-22(15)27(24,25)17-12-10-16(11-13-17)20(23)21-18-8-3-4-9-19(18)26-2/h3-4,8-13,15H,5-7,14H2,1-2H3,(H,21,23). The molecular formula is C20H24N2O4S. The topological polar surface area (TPSA) is 75.7 Å². The molecule has 144 valence electrons. The summed E-state index contributed by atoms with van der Waals surface area (Å²) in [5, 5.41) is 2.78. The van der Waals surface area contributed by atoms with Crippen LogP contribution in [0.5, 0.6) is 5.75 Å². The van der Waals surface area contributed by atoms with Crippen LogP contribution < -0.4 is 10.1 Å². The van der Waals surface area contributed by atoms with Gasteiger partial charge in [-0.15, -0.1) is 0 Å². The van der Waals surface area contributed by atoms with Gasteiger partial charge in [0, 0.05) is 18.2 Å². The van der Waals surface area contributed by atoms with Gasteiger partial charge in [-0.1, -0.05) is 18.6 Å². The Balaban J connectivity index is 1.77. The molecule has 2 aromatic carbocycles. The van der Waals surface area contributed by atoms with Gasteiger partial charge in [-0.25, -0.2) is 8.42 Å². The summed E-state index contributed by atoms with van der Waals surface area (Å²) in [6.07, 6.45) is 2.80. The van der Waals surface area contributed by atoms with Crippen LogP contribution in [0.2, 0.25) is 0 Å². The quantitative estimate of drug-likeness (QED) is 0.850. The summed E-state index contributed by atoms with van der Waals surface area (Å²) >= 11 is 0. The molecule has 27 heavy (non-hydrogen) atoms. The fourth-order valence-electron chi connectivity index (χ4n) is 3.28. The number of para-hydroxylation sites is 2. The maximum absolute atomic E-state index is 12.9. The van der Waals surface area contributed by atoms with Gasteiger partial charge in [0.2, 0.25) is 10.0 Å². The number of nitrogens with zero attached hydrogens (tertiary/aromatic N) is 1. The molecule has 7 heteroatoms. The maximum Gasteiger partial charge on any atom is 0.255 e. The van der Waals surface area contributed by atoms with Gasteiger partial charge in [0.25, 0.3) is 5.91 Å². The number of nitrogens with one attached hydrogen (secondary N) is 1. The van der Waals surface area contributed by atoms with Crippen LogP contribution in [0.1, 0.15) is 36.5 Å². The molecule has 0 bridgehead atoms. The second-order valence-electron chi connectivity index (χ2n) is 6.64. The number of carbonyl (C=O) groups excluding carboxylic acids is 1. The molecule has 1 aliphatic rings. The zero-order valence-electron chi connectivity index (χ0n) is 15.5. The maximum atomic E-state index is 12.9. The molecule has 1 saturated heterocycles. The van der Waals surface area contributed by atoms with Crippen LogP contribution in [0.4, 0.5) is 5.69 Å². The second-order valence-corrected chi connectivity index (χ2v) is 8.53. The van der Waals surface area contributed by atoms with Gasteiger partial charge in [-0.05, 0) is 56.2 Å². The van der Waals surface area contributed by atoms with Crippen molar-refractivity contribution in [2.24, 2.45) is 0 Å². The Morgan fingerprint density at radius 3 is 2.48 bits per heavy atom. The smallest absolute Gasteiger partial charge is 0.255 e. The van der Waals surface area contributed by atoms with Crippen LogP contribution >= 0.6 is 0 Å². The van der Waals surface area contributed by atoms with E-state index in [4.69, 9.17) is 4.74 Å². The van der Waals surface area contributed by atoms with Crippen molar-refractivity contribution in [1.82, 2.24) is 4.31 Å². The van der Waals surface area contributed by atoms with Crippen LogP contribution in [0.3, 0.4) is 0 Å². The summed E-state index contributed by atoms with van der Waals surface area (Å²) in [6.45, 7) is 2.48. The first-order valence-corrected chi connectivity index (χ1v) is 10.4. The van der Waals surface area contributed by atoms with Crippen LogP contribution in [-0.2, 0) is 10.0 Å². The minimum atomic E-state index is -3.54. The molecule has 2 aromatic rings. The molecule has 0 aromatic heterocycles. The van der Waals surface area contributed by atoms with E-state index in [2.05, 4.69) is 5.32 Å². The largest absolute Gasteiger partial charge is 0.495 e. The number of sulfonamides is 1. The van der Waals surface area contributed by atoms with E-state index in [1.165, 1.54) is 31.4 Å². The van der Waals surface area contributed by atoms with Gasteiger partial charge in [-0.3, -0.25) is 4.79 Å². The van der Waals surface area contributed by atoms with E-state index in [0.717, 1.165) is 19.3 Å². The molecule has 0 aliphatic carbocycles. The van der Waals surface area contributed by atoms with E-state index in [-0.39, 0.29) is 16.8 Å². The van der Waals surface area contributed by atoms with E-state index >= 15 is 0 Å². The number of amides is 1. The van der Waals surface area contributed by atoms with Crippen LogP contribution in [0.25, 0.3) is 0 Å². The number of methoxy groups -OCH3 is 1. The molecule has 1 heterocycles. The highest BCUT2D eigenvalue weighted by molar-refractivity contribution is 7.89. The SMILES string of the molecule is COc1ccccc1NC(=O)c1ccc(S(=O)(=O)N2CCCCC2C)cc1. The van der Waals surface area contributed by atoms with Crippen molar-refractivity contribution in [3.05, 3.63) is 54.1 Å². The number of rotatable bonds is 5. The molecule has 1 N–H and O–H groups in total. The molecule has 0 radical (unpaired) electrons. The molecule has 0 saturated carbocycles. The molecule has 6 nitrogen and oxygen atoms in total. The first-order chi connectivity index (χ1) is 12.9. The molecule has 1 amide bonds. The van der Waals surface area contributed by atoms with Gasteiger partial charge in [0.05, 0.1) is 17.7 Å². The lowest BCUT2D eigenvalue weighted by Crippen LogP contribution is -2.41. The van der Waals surface area contributed by atoms with E-state index < -0.39 is 10.0 Å². The third-order valence-corrected chi connectivity index (χ3v) is 6.85. The molecule has 1 aliphatic heterocycles. The van der Waals surface area contributed by atoms with E-state index in [1.54, 1.807) is 22.5 Å². The van der Waals surface area contributed by atoms with Crippen LogP contribution in [-0.4, -0.2) is 38.3 Å². The zero-order valence-corrected chi connectivity index (χ0v) is 16.3. The average molecular weight is 388 g/mol. The van der Waals surface area contributed by atoms with E-state index in [0.29, 0.717) is 23.5 Å². The van der Waals surface area contributed by atoms with Crippen molar-refractivity contribution in [2.75, 3.05) is 19.0 Å². The first kappa shape index (κ1) is 19.4. The van der Waals surface area contributed by atoms with Gasteiger partial charge < -0.3 is 10.1 Å². The lowest BCUT2D eigenvalue weighted by atomic mass is 10.1. The van der Waals surface area contributed by atoms with Crippen molar-refractivity contribution in [2.45, 2.75) is 37.1 Å². The second kappa shape index (κ2) is 8.10. The molecule has 1 unspecified atom stereocenters. The lowest BCUT2D eigenvalue weighted by Gasteiger charge is -2.32. The summed E-state index contributed by atoms with van der Waals surface area (Å²) in [5.74, 6) is 0.235. The summed E-state index contributed by atoms with van der Waals surface area (Å²) in [6, 6.07) is 13.2. The molecule has 1 atom stereocenters. The van der Waals surface area contributed by atoms with Gasteiger partial charge in [-0.2, -0.15) is 4.31 Å². The molecule has 1 fully saturated rings. The van der Waals surface area contributed by atoms with E-state index in [1.807, 2.05) is 13.0 Å². The first-order valence-electron chi connectivity index (χ1n) is 9.00. The van der Waals surface area contributed by atoms with Gasteiger partial charge >= 0.3 is 0 Å². The Bertz CT molecular complexity index is 910. The Morgan fingerprint density at radius 1 is 1.11 bits per heavy atom. The van der Waals surface area contributed by atoms with E-state index in [9.17, 15) is 13.2 Å². The number of anilines is 1. The summed E-state index contributed by atoms with van der Waals surface area (Å²) in [5.41, 5.74) is 0.940. The number of benzene rings is 2.